The van der Waals surface area contributed by atoms with Gasteiger partial charge in [0.1, 0.15) is 5.75 Å². The molecular weight excluding hydrogens is 504 g/mol. The van der Waals surface area contributed by atoms with Gasteiger partial charge in [0.25, 0.3) is 16.1 Å². The quantitative estimate of drug-likeness (QED) is 0.261. The highest BCUT2D eigenvalue weighted by molar-refractivity contribution is 7.87. The minimum absolute atomic E-state index is 0.195. The Balaban J connectivity index is 1.34. The minimum Gasteiger partial charge on any atom is -0.496 e. The average Bonchev–Trinajstić information content (AvgIpc) is 2.96. The van der Waals surface area contributed by atoms with Gasteiger partial charge in [0.2, 0.25) is 5.95 Å². The molecule has 1 aliphatic carbocycles. The lowest BCUT2D eigenvalue weighted by atomic mass is 9.68. The van der Waals surface area contributed by atoms with E-state index < -0.39 is 10.2 Å². The standard InChI is InChI=1S/C27H34N6O4S/c1-37-24-11-6-5-10-23(24)25(34)31-20-27(21-8-3-2-4-9-21)14-12-22(13-15-27)33-38(35,36)32-19-18-30-26-28-16-7-17-29-26/h2-11,16-17,22,32-33H,12-15,18-20H2,1H3,(H,31,34)(H,28,29,30)/t22-,27-. The molecular formula is C27H34N6O4S. The van der Waals surface area contributed by atoms with Gasteiger partial charge < -0.3 is 15.4 Å². The first-order chi connectivity index (χ1) is 18.4. The summed E-state index contributed by atoms with van der Waals surface area (Å²) in [5, 5.41) is 6.08. The molecule has 10 nitrogen and oxygen atoms in total. The van der Waals surface area contributed by atoms with E-state index in [2.05, 4.69) is 42.2 Å². The summed E-state index contributed by atoms with van der Waals surface area (Å²) >= 11 is 0. The lowest BCUT2D eigenvalue weighted by Gasteiger charge is -2.41. The molecule has 0 bridgehead atoms. The highest BCUT2D eigenvalue weighted by atomic mass is 32.2. The number of methoxy groups -OCH3 is 1. The zero-order chi connectivity index (χ0) is 26.8. The van der Waals surface area contributed by atoms with E-state index in [1.807, 2.05) is 24.3 Å². The van der Waals surface area contributed by atoms with Crippen molar-refractivity contribution in [3.63, 3.8) is 0 Å². The molecule has 11 heteroatoms. The number of rotatable bonds is 12. The zero-order valence-corrected chi connectivity index (χ0v) is 22.2. The van der Waals surface area contributed by atoms with E-state index >= 15 is 0 Å². The van der Waals surface area contributed by atoms with Gasteiger partial charge in [-0.3, -0.25) is 4.79 Å². The van der Waals surface area contributed by atoms with Crippen LogP contribution in [-0.4, -0.2) is 57.1 Å². The van der Waals surface area contributed by atoms with Crippen molar-refractivity contribution in [2.24, 2.45) is 0 Å². The molecule has 0 unspecified atom stereocenters. The molecule has 1 aromatic heterocycles. The molecule has 1 fully saturated rings. The van der Waals surface area contributed by atoms with Crippen LogP contribution in [0.15, 0.2) is 73.1 Å². The number of amides is 1. The Morgan fingerprint density at radius 2 is 1.66 bits per heavy atom. The van der Waals surface area contributed by atoms with Gasteiger partial charge in [-0.05, 0) is 49.4 Å². The third kappa shape index (κ3) is 7.27. The van der Waals surface area contributed by atoms with Gasteiger partial charge in [0, 0.05) is 43.5 Å². The number of nitrogens with one attached hydrogen (secondary N) is 4. The van der Waals surface area contributed by atoms with Gasteiger partial charge in [0.05, 0.1) is 12.7 Å². The van der Waals surface area contributed by atoms with Crippen LogP contribution in [0.3, 0.4) is 0 Å². The van der Waals surface area contributed by atoms with Crippen LogP contribution in [0.25, 0.3) is 0 Å². The van der Waals surface area contributed by atoms with Crippen molar-refractivity contribution in [3.8, 4) is 5.75 Å². The van der Waals surface area contributed by atoms with Gasteiger partial charge in [-0.25, -0.2) is 14.7 Å². The van der Waals surface area contributed by atoms with Crippen molar-refractivity contribution in [1.82, 2.24) is 24.7 Å². The number of para-hydroxylation sites is 1. The Bertz CT molecular complexity index is 1280. The van der Waals surface area contributed by atoms with Crippen LogP contribution in [0.5, 0.6) is 5.75 Å². The average molecular weight is 539 g/mol. The van der Waals surface area contributed by atoms with Crippen LogP contribution >= 0.6 is 0 Å². The largest absolute Gasteiger partial charge is 0.496 e. The second kappa shape index (κ2) is 12.8. The summed E-state index contributed by atoms with van der Waals surface area (Å²) in [6, 6.07) is 18.8. The minimum atomic E-state index is -3.67. The van der Waals surface area contributed by atoms with Gasteiger partial charge >= 0.3 is 0 Å². The van der Waals surface area contributed by atoms with Crippen LogP contribution < -0.4 is 24.8 Å². The molecule has 1 saturated carbocycles. The number of ether oxygens (including phenoxy) is 1. The summed E-state index contributed by atoms with van der Waals surface area (Å²) < 4.78 is 36.0. The molecule has 3 aromatic rings. The smallest absolute Gasteiger partial charge is 0.277 e. The van der Waals surface area contributed by atoms with Crippen LogP contribution in [0, 0.1) is 0 Å². The summed E-state index contributed by atoms with van der Waals surface area (Å²) in [4.78, 5) is 21.1. The van der Waals surface area contributed by atoms with Crippen LogP contribution in [0.4, 0.5) is 5.95 Å². The number of hydrogen-bond acceptors (Lipinski definition) is 7. The van der Waals surface area contributed by atoms with E-state index in [1.54, 1.807) is 43.8 Å². The molecule has 202 valence electrons. The van der Waals surface area contributed by atoms with E-state index in [-0.39, 0.29) is 23.9 Å². The highest BCUT2D eigenvalue weighted by Crippen LogP contribution is 2.39. The Morgan fingerprint density at radius 3 is 2.37 bits per heavy atom. The Hall–Kier alpha value is -3.54. The molecule has 0 saturated heterocycles. The fourth-order valence-electron chi connectivity index (χ4n) is 4.84. The topological polar surface area (TPSA) is 134 Å². The zero-order valence-electron chi connectivity index (χ0n) is 21.4. The third-order valence-electron chi connectivity index (χ3n) is 6.86. The summed E-state index contributed by atoms with van der Waals surface area (Å²) in [7, 11) is -2.13. The first kappa shape index (κ1) is 27.5. The molecule has 0 atom stereocenters. The first-order valence-corrected chi connectivity index (χ1v) is 14.1. The van der Waals surface area contributed by atoms with Crippen molar-refractivity contribution in [2.75, 3.05) is 32.1 Å². The summed E-state index contributed by atoms with van der Waals surface area (Å²) in [5.74, 6) is 0.775. The summed E-state index contributed by atoms with van der Waals surface area (Å²) in [6.07, 6.45) is 5.98. The van der Waals surface area contributed by atoms with E-state index in [1.165, 1.54) is 0 Å². The molecule has 4 rings (SSSR count). The van der Waals surface area contributed by atoms with Crippen LogP contribution in [-0.2, 0) is 15.6 Å². The van der Waals surface area contributed by atoms with Gasteiger partial charge in [-0.2, -0.15) is 13.1 Å². The Labute approximate surface area is 223 Å². The molecule has 1 heterocycles. The summed E-state index contributed by atoms with van der Waals surface area (Å²) in [6.45, 7) is 1.00. The molecule has 1 aliphatic rings. The molecule has 0 spiro atoms. The second-order valence-corrected chi connectivity index (χ2v) is 10.8. The van der Waals surface area contributed by atoms with Crippen molar-refractivity contribution in [2.45, 2.75) is 37.1 Å². The molecule has 0 radical (unpaired) electrons. The molecule has 4 N–H and O–H groups in total. The number of nitrogens with zero attached hydrogens (tertiary/aromatic N) is 2. The fourth-order valence-corrected chi connectivity index (χ4v) is 5.96. The molecule has 2 aromatic carbocycles. The lowest BCUT2D eigenvalue weighted by Crippen LogP contribution is -2.49. The Kier molecular flexibility index (Phi) is 9.27. The SMILES string of the molecule is COc1ccccc1C(=O)NC[C@]1(c2ccccc2)CC[C@H](NS(=O)(=O)NCCNc2ncccn2)CC1. The summed E-state index contributed by atoms with van der Waals surface area (Å²) in [5.41, 5.74) is 1.32. The maximum absolute atomic E-state index is 13.0. The molecule has 0 aliphatic heterocycles. The number of carbonyl (C=O) groups excluding carboxylic acids is 1. The van der Waals surface area contributed by atoms with E-state index in [0.717, 1.165) is 18.4 Å². The second-order valence-electron chi connectivity index (χ2n) is 9.32. The van der Waals surface area contributed by atoms with Crippen LogP contribution in [0.2, 0.25) is 0 Å². The van der Waals surface area contributed by atoms with Gasteiger partial charge in [0.15, 0.2) is 0 Å². The first-order valence-electron chi connectivity index (χ1n) is 12.7. The van der Waals surface area contributed by atoms with E-state index in [4.69, 9.17) is 4.74 Å². The lowest BCUT2D eigenvalue weighted by molar-refractivity contribution is 0.0932. The number of hydrogen-bond donors (Lipinski definition) is 4. The maximum Gasteiger partial charge on any atom is 0.277 e. The number of anilines is 1. The van der Waals surface area contributed by atoms with E-state index in [9.17, 15) is 13.2 Å². The van der Waals surface area contributed by atoms with Gasteiger partial charge in [-0.15, -0.1) is 0 Å². The van der Waals surface area contributed by atoms with Crippen LogP contribution in [0.1, 0.15) is 41.6 Å². The molecule has 38 heavy (non-hydrogen) atoms. The predicted octanol–water partition coefficient (Wildman–Crippen LogP) is 2.63. The van der Waals surface area contributed by atoms with Gasteiger partial charge in [-0.1, -0.05) is 42.5 Å². The number of carbonyl (C=O) groups is 1. The highest BCUT2D eigenvalue weighted by Gasteiger charge is 2.38. The van der Waals surface area contributed by atoms with Crippen molar-refractivity contribution < 1.29 is 17.9 Å². The van der Waals surface area contributed by atoms with E-state index in [0.29, 0.717) is 43.2 Å². The van der Waals surface area contributed by atoms with Crippen molar-refractivity contribution >= 4 is 22.1 Å². The predicted molar refractivity (Wildman–Crippen MR) is 146 cm³/mol. The Morgan fingerprint density at radius 1 is 0.974 bits per heavy atom. The van der Waals surface area contributed by atoms with Crippen molar-refractivity contribution in [1.29, 1.82) is 0 Å². The van der Waals surface area contributed by atoms with Crippen molar-refractivity contribution in [3.05, 3.63) is 84.2 Å². The third-order valence-corrected chi connectivity index (χ3v) is 8.08. The number of aromatic nitrogens is 2. The normalized spacial score (nSPS) is 19.4. The molecule has 1 amide bonds. The fraction of sp³-hybridized carbons (Fsp3) is 0.370. The monoisotopic (exact) mass is 538 g/mol. The number of benzene rings is 2. The maximum atomic E-state index is 13.0.